The van der Waals surface area contributed by atoms with Crippen molar-refractivity contribution in [1.82, 2.24) is 0 Å². The first-order chi connectivity index (χ1) is 0. The molecule has 0 aromatic carbocycles. The van der Waals surface area contributed by atoms with Gasteiger partial charge < -0.3 is 5.48 Å². The molecule has 2 N–H and O–H groups in total. The molecule has 0 rings (SSSR count). The van der Waals surface area contributed by atoms with Gasteiger partial charge in [0, 0.05) is 49.1 Å². The standard InChI is InChI=1S/Fe.H2O.Si.W/h;1H2;;. The zero-order valence-corrected chi connectivity index (χ0v) is 6.80. The third-order valence-corrected chi connectivity index (χ3v) is 0. The summed E-state index contributed by atoms with van der Waals surface area (Å²) in [6, 6.07) is 0. The second kappa shape index (κ2) is 26.2. The van der Waals surface area contributed by atoms with Crippen LogP contribution in [0.15, 0.2) is 0 Å². The van der Waals surface area contributed by atoms with Crippen LogP contribution in [0.1, 0.15) is 0 Å². The summed E-state index contributed by atoms with van der Waals surface area (Å²) in [7, 11) is 0. The summed E-state index contributed by atoms with van der Waals surface area (Å²) in [5.41, 5.74) is 0. The van der Waals surface area contributed by atoms with E-state index in [2.05, 4.69) is 0 Å². The first-order valence-corrected chi connectivity index (χ1v) is 0. The Kier molecular flexibility index (Phi) is 354. The van der Waals surface area contributed by atoms with Crippen LogP contribution in [-0.4, -0.2) is 16.4 Å². The van der Waals surface area contributed by atoms with E-state index in [4.69, 9.17) is 0 Å². The van der Waals surface area contributed by atoms with Gasteiger partial charge in [-0.05, 0) is 0 Å². The first-order valence-electron chi connectivity index (χ1n) is 0. The van der Waals surface area contributed by atoms with Crippen molar-refractivity contribution in [3.05, 3.63) is 0 Å². The molecule has 0 aliphatic heterocycles. The molecule has 0 bridgehead atoms. The Morgan fingerprint density at radius 3 is 1.00 bits per heavy atom. The molecule has 0 aromatic heterocycles. The third kappa shape index (κ3) is 10.0. The Hall–Kier alpha value is 1.38. The average molecular weight is 286 g/mol. The van der Waals surface area contributed by atoms with E-state index in [1.54, 1.807) is 0 Å². The van der Waals surface area contributed by atoms with Crippen LogP contribution in [-0.2, 0) is 38.1 Å². The van der Waals surface area contributed by atoms with Crippen LogP contribution in [0, 0.1) is 0 Å². The summed E-state index contributed by atoms with van der Waals surface area (Å²) in [6.45, 7) is 0. The Morgan fingerprint density at radius 2 is 1.00 bits per heavy atom. The maximum Gasteiger partial charge on any atom is 0 e. The molecular formula is H2FeOSiW. The molecule has 0 heterocycles. The van der Waals surface area contributed by atoms with Crippen molar-refractivity contribution in [1.29, 1.82) is 0 Å². The SMILES string of the molecule is O.[Fe].[Si].[W]. The van der Waals surface area contributed by atoms with Crippen LogP contribution in [0.3, 0.4) is 0 Å². The molecule has 0 fully saturated rings. The predicted octanol–water partition coefficient (Wildman–Crippen LogP) is -1.21. The fourth-order valence-electron chi connectivity index (χ4n) is 0. The molecule has 0 saturated carbocycles. The quantitative estimate of drug-likeness (QED) is 0.500. The van der Waals surface area contributed by atoms with Crippen molar-refractivity contribution in [3.8, 4) is 0 Å². The molecule has 0 unspecified atom stereocenters. The van der Waals surface area contributed by atoms with E-state index in [0.717, 1.165) is 0 Å². The van der Waals surface area contributed by atoms with Crippen molar-refractivity contribution in [2.45, 2.75) is 0 Å². The van der Waals surface area contributed by atoms with E-state index in [0.29, 0.717) is 0 Å². The average Bonchev–Trinajstić information content (AvgIpc) is 0. The van der Waals surface area contributed by atoms with Gasteiger partial charge in [-0.1, -0.05) is 0 Å². The summed E-state index contributed by atoms with van der Waals surface area (Å²) < 4.78 is 0. The van der Waals surface area contributed by atoms with Crippen LogP contribution in [0.25, 0.3) is 0 Å². The Labute approximate surface area is 54.6 Å². The molecule has 0 aromatic rings. The van der Waals surface area contributed by atoms with Gasteiger partial charge in [0.1, 0.15) is 0 Å². The number of hydrogen-bond acceptors (Lipinski definition) is 0. The van der Waals surface area contributed by atoms with E-state index in [-0.39, 0.29) is 54.6 Å². The van der Waals surface area contributed by atoms with Gasteiger partial charge in [-0.25, -0.2) is 0 Å². The van der Waals surface area contributed by atoms with E-state index in [9.17, 15) is 0 Å². The van der Waals surface area contributed by atoms with Crippen LogP contribution in [0.5, 0.6) is 0 Å². The molecule has 0 amide bonds. The molecule has 0 saturated heterocycles. The topological polar surface area (TPSA) is 31.5 Å². The maximum absolute atomic E-state index is 0. The molecule has 4 heteroatoms. The van der Waals surface area contributed by atoms with Gasteiger partial charge in [0.15, 0.2) is 0 Å². The van der Waals surface area contributed by atoms with Gasteiger partial charge >= 0.3 is 0 Å². The minimum Gasteiger partial charge on any atom is -0.412 e. The molecule has 0 aliphatic rings. The van der Waals surface area contributed by atoms with Crippen LogP contribution < -0.4 is 0 Å². The number of hydrogen-bond donors (Lipinski definition) is 0. The Morgan fingerprint density at radius 1 is 1.00 bits per heavy atom. The molecule has 1 nitrogen and oxygen atoms in total. The van der Waals surface area contributed by atoms with Gasteiger partial charge in [0.2, 0.25) is 0 Å². The predicted molar refractivity (Wildman–Crippen MR) is 9.37 cm³/mol. The van der Waals surface area contributed by atoms with Crippen molar-refractivity contribution in [2.75, 3.05) is 0 Å². The van der Waals surface area contributed by atoms with Crippen LogP contribution in [0.4, 0.5) is 0 Å². The van der Waals surface area contributed by atoms with E-state index in [1.807, 2.05) is 0 Å². The zero-order valence-electron chi connectivity index (χ0n) is 1.76. The number of rotatable bonds is 0. The van der Waals surface area contributed by atoms with E-state index < -0.39 is 0 Å². The van der Waals surface area contributed by atoms with Gasteiger partial charge in [0.25, 0.3) is 0 Å². The van der Waals surface area contributed by atoms with E-state index >= 15 is 0 Å². The van der Waals surface area contributed by atoms with Crippen LogP contribution >= 0.6 is 0 Å². The van der Waals surface area contributed by atoms with Crippen molar-refractivity contribution in [2.24, 2.45) is 0 Å². The molecule has 0 aliphatic carbocycles. The summed E-state index contributed by atoms with van der Waals surface area (Å²) in [4.78, 5) is 0. The summed E-state index contributed by atoms with van der Waals surface area (Å²) in [5, 5.41) is 0. The van der Waals surface area contributed by atoms with Gasteiger partial charge in [-0.15, -0.1) is 0 Å². The fourth-order valence-corrected chi connectivity index (χ4v) is 0. The zero-order chi connectivity index (χ0) is 0. The molecular weight excluding hydrogens is 284 g/mol. The van der Waals surface area contributed by atoms with Gasteiger partial charge in [0.05, 0.1) is 0 Å². The van der Waals surface area contributed by atoms with Crippen LogP contribution in [0.2, 0.25) is 0 Å². The summed E-state index contributed by atoms with van der Waals surface area (Å²) >= 11 is 0. The second-order valence-electron chi connectivity index (χ2n) is 0. The first kappa shape index (κ1) is 54.0. The fraction of sp³-hybridized carbons (Fsp3) is 0. The molecule has 0 spiro atoms. The van der Waals surface area contributed by atoms with E-state index in [1.165, 1.54) is 0 Å². The summed E-state index contributed by atoms with van der Waals surface area (Å²) in [5.74, 6) is 0. The summed E-state index contributed by atoms with van der Waals surface area (Å²) in [6.07, 6.45) is 0. The smallest absolute Gasteiger partial charge is 0 e. The molecule has 4 heavy (non-hydrogen) atoms. The maximum atomic E-state index is 0. The third-order valence-electron chi connectivity index (χ3n) is 0. The van der Waals surface area contributed by atoms with Crippen molar-refractivity contribution in [3.63, 3.8) is 0 Å². The Bertz CT molecular complexity index is 8.00. The monoisotopic (exact) mass is 286 g/mol. The molecule has 26 valence electrons. The van der Waals surface area contributed by atoms with Crippen molar-refractivity contribution >= 4 is 11.0 Å². The van der Waals surface area contributed by atoms with Crippen molar-refractivity contribution < 1.29 is 43.6 Å². The second-order valence-corrected chi connectivity index (χ2v) is 0. The van der Waals surface area contributed by atoms with Gasteiger partial charge in [-0.3, -0.25) is 0 Å². The molecule has 0 atom stereocenters. The normalized spacial score (nSPS) is 0. The Balaban J connectivity index is 0. The minimum absolute atomic E-state index is 0. The van der Waals surface area contributed by atoms with Gasteiger partial charge in [-0.2, -0.15) is 0 Å². The minimum atomic E-state index is 0. The molecule has 4 radical (unpaired) electrons. The largest absolute Gasteiger partial charge is 0.412 e.